The van der Waals surface area contributed by atoms with E-state index >= 15 is 0 Å². The van der Waals surface area contributed by atoms with Crippen molar-refractivity contribution in [1.29, 1.82) is 0 Å². The number of fused-ring (bicyclic) bond motifs is 1. The van der Waals surface area contributed by atoms with Crippen LogP contribution in [0.1, 0.15) is 69.5 Å². The molecule has 1 aromatic heterocycles. The Hall–Kier alpha value is -1.06. The maximum atomic E-state index is 6.29. The van der Waals surface area contributed by atoms with Crippen molar-refractivity contribution >= 4 is 22.6 Å². The third kappa shape index (κ3) is 4.03. The Kier molecular flexibility index (Phi) is 5.62. The van der Waals surface area contributed by atoms with E-state index in [1.54, 1.807) is 0 Å². The first kappa shape index (κ1) is 17.4. The summed E-state index contributed by atoms with van der Waals surface area (Å²) >= 11 is 6.29. The highest BCUT2D eigenvalue weighted by molar-refractivity contribution is 6.31. The lowest BCUT2D eigenvalue weighted by molar-refractivity contribution is 0.222. The van der Waals surface area contributed by atoms with E-state index in [0.29, 0.717) is 5.92 Å². The fraction of sp³-hybridized carbons (Fsp3) is 0.667. The minimum atomic E-state index is 0.634. The van der Waals surface area contributed by atoms with Gasteiger partial charge in [0, 0.05) is 17.5 Å². The van der Waals surface area contributed by atoms with E-state index in [9.17, 15) is 0 Å². The maximum absolute atomic E-state index is 6.29. The molecule has 0 atom stereocenters. The second-order valence-corrected chi connectivity index (χ2v) is 8.28. The second-order valence-electron chi connectivity index (χ2n) is 7.85. The first-order valence-corrected chi connectivity index (χ1v) is 10.6. The summed E-state index contributed by atoms with van der Waals surface area (Å²) in [7, 11) is 0. The fourth-order valence-corrected chi connectivity index (χ4v) is 4.82. The standard InChI is InChI=1S/C21H30ClN3/c22-18-10-11-19-20(16-18)25(15-7-14-24-12-5-2-6-13-24)21(23-19)17-8-3-1-4-9-17/h10-11,16-17H,1-9,12-15H2. The Morgan fingerprint density at radius 1 is 0.960 bits per heavy atom. The second kappa shape index (κ2) is 8.09. The van der Waals surface area contributed by atoms with E-state index in [2.05, 4.69) is 21.6 Å². The normalized spacial score (nSPS) is 20.4. The van der Waals surface area contributed by atoms with Crippen LogP contribution >= 0.6 is 11.6 Å². The lowest BCUT2D eigenvalue weighted by Crippen LogP contribution is -2.31. The van der Waals surface area contributed by atoms with Gasteiger partial charge in [0.15, 0.2) is 0 Å². The van der Waals surface area contributed by atoms with Crippen LogP contribution in [0.2, 0.25) is 5.02 Å². The van der Waals surface area contributed by atoms with E-state index in [4.69, 9.17) is 16.6 Å². The molecular formula is C21H30ClN3. The monoisotopic (exact) mass is 359 g/mol. The number of hydrogen-bond acceptors (Lipinski definition) is 2. The van der Waals surface area contributed by atoms with Gasteiger partial charge in [-0.2, -0.15) is 0 Å². The van der Waals surface area contributed by atoms with Gasteiger partial charge in [-0.25, -0.2) is 4.98 Å². The van der Waals surface area contributed by atoms with Gasteiger partial charge in [-0.05, 0) is 69.9 Å². The van der Waals surface area contributed by atoms with Crippen LogP contribution in [0.4, 0.5) is 0 Å². The molecule has 0 spiro atoms. The highest BCUT2D eigenvalue weighted by Crippen LogP contribution is 2.34. The van der Waals surface area contributed by atoms with Gasteiger partial charge in [0.1, 0.15) is 5.82 Å². The summed E-state index contributed by atoms with van der Waals surface area (Å²) in [6, 6.07) is 6.17. The van der Waals surface area contributed by atoms with Crippen molar-refractivity contribution in [3.05, 3.63) is 29.0 Å². The van der Waals surface area contributed by atoms with Crippen molar-refractivity contribution in [2.75, 3.05) is 19.6 Å². The Balaban J connectivity index is 1.54. The predicted molar refractivity (Wildman–Crippen MR) is 105 cm³/mol. The van der Waals surface area contributed by atoms with Crippen molar-refractivity contribution in [3.63, 3.8) is 0 Å². The molecule has 1 aliphatic carbocycles. The summed E-state index contributed by atoms with van der Waals surface area (Å²) < 4.78 is 2.49. The molecule has 4 heteroatoms. The average Bonchev–Trinajstić information content (AvgIpc) is 3.01. The zero-order valence-electron chi connectivity index (χ0n) is 15.2. The Morgan fingerprint density at radius 3 is 2.52 bits per heavy atom. The van der Waals surface area contributed by atoms with Crippen LogP contribution in [0.15, 0.2) is 18.2 Å². The Morgan fingerprint density at radius 2 is 1.72 bits per heavy atom. The van der Waals surface area contributed by atoms with Crippen LogP contribution in [-0.2, 0) is 6.54 Å². The largest absolute Gasteiger partial charge is 0.328 e. The zero-order chi connectivity index (χ0) is 17.1. The van der Waals surface area contributed by atoms with Gasteiger partial charge in [-0.15, -0.1) is 0 Å². The minimum absolute atomic E-state index is 0.634. The summed E-state index contributed by atoms with van der Waals surface area (Å²) in [5.41, 5.74) is 2.34. The molecule has 3 nitrogen and oxygen atoms in total. The summed E-state index contributed by atoms with van der Waals surface area (Å²) in [6.07, 6.45) is 12.0. The molecule has 4 rings (SSSR count). The van der Waals surface area contributed by atoms with E-state index in [0.717, 1.165) is 17.1 Å². The van der Waals surface area contributed by atoms with Crippen molar-refractivity contribution in [1.82, 2.24) is 14.5 Å². The van der Waals surface area contributed by atoms with Gasteiger partial charge >= 0.3 is 0 Å². The molecule has 1 aromatic carbocycles. The first-order chi connectivity index (χ1) is 12.3. The lowest BCUT2D eigenvalue weighted by Gasteiger charge is -2.27. The van der Waals surface area contributed by atoms with Crippen LogP contribution < -0.4 is 0 Å². The zero-order valence-corrected chi connectivity index (χ0v) is 16.0. The van der Waals surface area contributed by atoms with Crippen molar-refractivity contribution < 1.29 is 0 Å². The molecule has 136 valence electrons. The molecule has 1 saturated carbocycles. The number of imidazole rings is 1. The number of nitrogens with zero attached hydrogens (tertiary/aromatic N) is 3. The third-order valence-electron chi connectivity index (χ3n) is 6.01. The number of aromatic nitrogens is 2. The molecule has 0 unspecified atom stereocenters. The molecule has 1 aliphatic heterocycles. The van der Waals surface area contributed by atoms with Gasteiger partial charge in [0.25, 0.3) is 0 Å². The number of benzene rings is 1. The third-order valence-corrected chi connectivity index (χ3v) is 6.25. The topological polar surface area (TPSA) is 21.1 Å². The average molecular weight is 360 g/mol. The predicted octanol–water partition coefficient (Wildman–Crippen LogP) is 5.61. The van der Waals surface area contributed by atoms with Crippen LogP contribution in [0.25, 0.3) is 11.0 Å². The molecular weight excluding hydrogens is 330 g/mol. The van der Waals surface area contributed by atoms with Crippen LogP contribution in [-0.4, -0.2) is 34.1 Å². The Labute approximate surface area is 156 Å². The summed E-state index contributed by atoms with van der Waals surface area (Å²) in [5.74, 6) is 1.95. The quantitative estimate of drug-likeness (QED) is 0.691. The molecule has 0 radical (unpaired) electrons. The summed E-state index contributed by atoms with van der Waals surface area (Å²) in [4.78, 5) is 7.67. The van der Waals surface area contributed by atoms with Crippen LogP contribution in [0.5, 0.6) is 0 Å². The molecule has 2 aromatic rings. The number of piperidine rings is 1. The van der Waals surface area contributed by atoms with Gasteiger partial charge in [-0.3, -0.25) is 0 Å². The number of aryl methyl sites for hydroxylation is 1. The van der Waals surface area contributed by atoms with Gasteiger partial charge in [0.2, 0.25) is 0 Å². The molecule has 2 fully saturated rings. The number of likely N-dealkylation sites (tertiary alicyclic amines) is 1. The molecule has 0 N–H and O–H groups in total. The van der Waals surface area contributed by atoms with Crippen molar-refractivity contribution in [2.24, 2.45) is 0 Å². The highest BCUT2D eigenvalue weighted by atomic mass is 35.5. The van der Waals surface area contributed by atoms with Gasteiger partial charge in [0.05, 0.1) is 11.0 Å². The first-order valence-electron chi connectivity index (χ1n) is 10.2. The maximum Gasteiger partial charge on any atom is 0.112 e. The SMILES string of the molecule is Clc1ccc2nc(C3CCCCC3)n(CCCN3CCCCC3)c2c1. The molecule has 1 saturated heterocycles. The van der Waals surface area contributed by atoms with Crippen LogP contribution in [0.3, 0.4) is 0 Å². The molecule has 0 amide bonds. The number of rotatable bonds is 5. The fourth-order valence-electron chi connectivity index (χ4n) is 4.66. The van der Waals surface area contributed by atoms with E-state index in [1.165, 1.54) is 88.8 Å². The van der Waals surface area contributed by atoms with E-state index in [1.807, 2.05) is 6.07 Å². The van der Waals surface area contributed by atoms with E-state index in [-0.39, 0.29) is 0 Å². The Bertz CT molecular complexity index is 696. The lowest BCUT2D eigenvalue weighted by atomic mass is 9.88. The van der Waals surface area contributed by atoms with E-state index < -0.39 is 0 Å². The molecule has 0 bridgehead atoms. The van der Waals surface area contributed by atoms with Crippen molar-refractivity contribution in [3.8, 4) is 0 Å². The van der Waals surface area contributed by atoms with Crippen molar-refractivity contribution in [2.45, 2.75) is 70.3 Å². The highest BCUT2D eigenvalue weighted by Gasteiger charge is 2.22. The minimum Gasteiger partial charge on any atom is -0.328 e. The molecule has 25 heavy (non-hydrogen) atoms. The summed E-state index contributed by atoms with van der Waals surface area (Å²) in [6.45, 7) is 4.85. The van der Waals surface area contributed by atoms with Gasteiger partial charge in [-0.1, -0.05) is 37.3 Å². The number of halogens is 1. The smallest absolute Gasteiger partial charge is 0.112 e. The van der Waals surface area contributed by atoms with Crippen LogP contribution in [0, 0.1) is 0 Å². The summed E-state index contributed by atoms with van der Waals surface area (Å²) in [5, 5.41) is 0.819. The molecule has 2 aliphatic rings. The molecule has 2 heterocycles. The van der Waals surface area contributed by atoms with Gasteiger partial charge < -0.3 is 9.47 Å². The number of hydrogen-bond donors (Lipinski definition) is 0.